The monoisotopic (exact) mass is 424 g/mol. The zero-order valence-corrected chi connectivity index (χ0v) is 22.5. The summed E-state index contributed by atoms with van der Waals surface area (Å²) in [5, 5.41) is 2.12. The van der Waals surface area contributed by atoms with Gasteiger partial charge in [0.2, 0.25) is 0 Å². The lowest BCUT2D eigenvalue weighted by atomic mass is 9.85. The van der Waals surface area contributed by atoms with Crippen LogP contribution in [-0.4, -0.2) is 10.3 Å². The number of hydrogen-bond acceptors (Lipinski definition) is 0. The van der Waals surface area contributed by atoms with Crippen molar-refractivity contribution >= 4 is 13.2 Å². The zero-order valence-electron chi connectivity index (χ0n) is 21.6. The molecule has 0 nitrogen and oxygen atoms in total. The first-order chi connectivity index (χ1) is 13.7. The molecule has 0 aliphatic heterocycles. The Kier molecular flexibility index (Phi) is 7.67. The molecule has 2 aromatic carbocycles. The van der Waals surface area contributed by atoms with Crippen molar-refractivity contribution in [3.63, 3.8) is 0 Å². The molecule has 0 unspecified atom stereocenters. The first-order valence-electron chi connectivity index (χ1n) is 11.7. The molecule has 0 aliphatic rings. The SMILES string of the molecule is CC(C)c1ccc(-c2cccc(P(C(C)(C)C)C(C)(C)C)c2C(C)C)c(C(C)C)c1. The van der Waals surface area contributed by atoms with Crippen LogP contribution in [0.3, 0.4) is 0 Å². The summed E-state index contributed by atoms with van der Waals surface area (Å²) < 4.78 is 0. The van der Waals surface area contributed by atoms with E-state index in [1.165, 1.54) is 22.3 Å². The smallest absolute Gasteiger partial charge is 0.0134 e. The van der Waals surface area contributed by atoms with E-state index < -0.39 is 0 Å². The van der Waals surface area contributed by atoms with Gasteiger partial charge in [0, 0.05) is 0 Å². The molecule has 0 spiro atoms. The van der Waals surface area contributed by atoms with Gasteiger partial charge in [-0.25, -0.2) is 0 Å². The molecule has 0 aliphatic carbocycles. The molecule has 0 fully saturated rings. The quantitative estimate of drug-likeness (QED) is 0.419. The van der Waals surface area contributed by atoms with Gasteiger partial charge in [-0.05, 0) is 61.2 Å². The molecular formula is C29H45P. The molecule has 0 saturated carbocycles. The van der Waals surface area contributed by atoms with E-state index in [2.05, 4.69) is 119 Å². The van der Waals surface area contributed by atoms with Crippen molar-refractivity contribution < 1.29 is 0 Å². The van der Waals surface area contributed by atoms with Gasteiger partial charge in [0.05, 0.1) is 0 Å². The number of hydrogen-bond donors (Lipinski definition) is 0. The maximum atomic E-state index is 2.46. The maximum absolute atomic E-state index is 2.46. The molecule has 0 heterocycles. The first-order valence-corrected chi connectivity index (χ1v) is 13.1. The fourth-order valence-electron chi connectivity index (χ4n) is 4.98. The van der Waals surface area contributed by atoms with Crippen LogP contribution in [0.25, 0.3) is 11.1 Å². The molecule has 0 saturated heterocycles. The van der Waals surface area contributed by atoms with Crippen LogP contribution in [0.4, 0.5) is 0 Å². The molecule has 0 atom stereocenters. The molecule has 0 aromatic heterocycles. The largest absolute Gasteiger partial charge is 0.0640 e. The van der Waals surface area contributed by atoms with Crippen LogP contribution < -0.4 is 5.30 Å². The van der Waals surface area contributed by atoms with Gasteiger partial charge in [-0.2, -0.15) is 0 Å². The van der Waals surface area contributed by atoms with Crippen molar-refractivity contribution in [3.8, 4) is 11.1 Å². The van der Waals surface area contributed by atoms with Crippen LogP contribution in [0.1, 0.15) is 118 Å². The van der Waals surface area contributed by atoms with Crippen LogP contribution in [0, 0.1) is 0 Å². The average Bonchev–Trinajstić information content (AvgIpc) is 2.58. The highest BCUT2D eigenvalue weighted by Crippen LogP contribution is 2.59. The minimum Gasteiger partial charge on any atom is -0.0640 e. The van der Waals surface area contributed by atoms with Gasteiger partial charge >= 0.3 is 0 Å². The van der Waals surface area contributed by atoms with Crippen LogP contribution in [0.2, 0.25) is 0 Å². The summed E-state index contributed by atoms with van der Waals surface area (Å²) in [5.74, 6) is 1.56. The second-order valence-corrected chi connectivity index (χ2v) is 15.6. The highest BCUT2D eigenvalue weighted by Gasteiger charge is 2.37. The van der Waals surface area contributed by atoms with Crippen LogP contribution >= 0.6 is 7.92 Å². The van der Waals surface area contributed by atoms with Crippen molar-refractivity contribution in [2.45, 2.75) is 111 Å². The summed E-state index contributed by atoms with van der Waals surface area (Å²) in [6, 6.07) is 14.3. The Hall–Kier alpha value is -1.13. The minimum atomic E-state index is -0.339. The molecule has 2 aromatic rings. The first kappa shape index (κ1) is 25.1. The molecule has 0 bridgehead atoms. The standard InChI is InChI=1S/C29H45P/c1-19(2)22-16-17-23(25(18-22)20(3)4)24-14-13-15-26(27(24)21(5)6)30(28(7,8)9)29(10,11)12/h13-21H,1-12H3. The van der Waals surface area contributed by atoms with Crippen LogP contribution in [0.5, 0.6) is 0 Å². The Labute approximate surface area is 188 Å². The lowest BCUT2D eigenvalue weighted by molar-refractivity contribution is 0.713. The van der Waals surface area contributed by atoms with E-state index in [0.717, 1.165) is 0 Å². The topological polar surface area (TPSA) is 0 Å². The lowest BCUT2D eigenvalue weighted by Crippen LogP contribution is -2.33. The molecule has 1 heteroatoms. The molecule has 30 heavy (non-hydrogen) atoms. The van der Waals surface area contributed by atoms with Gasteiger partial charge in [0.25, 0.3) is 0 Å². The van der Waals surface area contributed by atoms with Gasteiger partial charge in [-0.1, -0.05) is 127 Å². The van der Waals surface area contributed by atoms with E-state index in [9.17, 15) is 0 Å². The van der Waals surface area contributed by atoms with E-state index in [1.54, 1.807) is 10.9 Å². The Bertz CT molecular complexity index is 843. The highest BCUT2D eigenvalue weighted by atomic mass is 31.1. The van der Waals surface area contributed by atoms with E-state index in [4.69, 9.17) is 0 Å². The normalized spacial score (nSPS) is 13.2. The second kappa shape index (κ2) is 9.16. The summed E-state index contributed by atoms with van der Waals surface area (Å²) in [6.45, 7) is 28.6. The minimum absolute atomic E-state index is 0.262. The molecule has 0 N–H and O–H groups in total. The van der Waals surface area contributed by atoms with Gasteiger partial charge in [0.15, 0.2) is 0 Å². The van der Waals surface area contributed by atoms with E-state index in [-0.39, 0.29) is 18.2 Å². The van der Waals surface area contributed by atoms with E-state index in [0.29, 0.717) is 17.8 Å². The Balaban J connectivity index is 2.86. The van der Waals surface area contributed by atoms with Crippen LogP contribution in [0.15, 0.2) is 36.4 Å². The fraction of sp³-hybridized carbons (Fsp3) is 0.586. The highest BCUT2D eigenvalue weighted by molar-refractivity contribution is 7.68. The van der Waals surface area contributed by atoms with Crippen LogP contribution in [-0.2, 0) is 0 Å². The number of benzene rings is 2. The van der Waals surface area contributed by atoms with Crippen molar-refractivity contribution in [1.29, 1.82) is 0 Å². The lowest BCUT2D eigenvalue weighted by Gasteiger charge is -2.43. The average molecular weight is 425 g/mol. The third-order valence-corrected chi connectivity index (χ3v) is 9.45. The van der Waals surface area contributed by atoms with Gasteiger partial charge < -0.3 is 0 Å². The van der Waals surface area contributed by atoms with E-state index in [1.807, 2.05) is 0 Å². The predicted octanol–water partition coefficient (Wildman–Crippen LogP) is 9.43. The van der Waals surface area contributed by atoms with Gasteiger partial charge in [-0.15, -0.1) is 0 Å². The second-order valence-electron chi connectivity index (χ2n) is 11.7. The van der Waals surface area contributed by atoms with Crippen molar-refractivity contribution in [2.24, 2.45) is 0 Å². The van der Waals surface area contributed by atoms with Crippen molar-refractivity contribution in [3.05, 3.63) is 53.1 Å². The molecule has 2 rings (SSSR count). The molecule has 0 amide bonds. The summed E-state index contributed by atoms with van der Waals surface area (Å²) >= 11 is 0. The Morgan fingerprint density at radius 2 is 1.20 bits per heavy atom. The van der Waals surface area contributed by atoms with Gasteiger partial charge in [0.1, 0.15) is 0 Å². The summed E-state index contributed by atoms with van der Waals surface area (Å²) in [4.78, 5) is 0. The third-order valence-electron chi connectivity index (χ3n) is 5.90. The van der Waals surface area contributed by atoms with E-state index >= 15 is 0 Å². The number of rotatable bonds is 5. The van der Waals surface area contributed by atoms with Crippen molar-refractivity contribution in [2.75, 3.05) is 0 Å². The third kappa shape index (κ3) is 5.37. The molecule has 166 valence electrons. The fourth-order valence-corrected chi connectivity index (χ4v) is 9.29. The molecular weight excluding hydrogens is 379 g/mol. The maximum Gasteiger partial charge on any atom is -0.0134 e. The zero-order chi connectivity index (χ0) is 23.0. The Morgan fingerprint density at radius 3 is 1.63 bits per heavy atom. The molecule has 0 radical (unpaired) electrons. The summed E-state index contributed by atoms with van der Waals surface area (Å²) in [6.07, 6.45) is 0. The summed E-state index contributed by atoms with van der Waals surface area (Å²) in [5.41, 5.74) is 7.36. The Morgan fingerprint density at radius 1 is 0.633 bits per heavy atom. The summed E-state index contributed by atoms with van der Waals surface area (Å²) in [7, 11) is -0.339. The van der Waals surface area contributed by atoms with Gasteiger partial charge in [-0.3, -0.25) is 0 Å². The predicted molar refractivity (Wildman–Crippen MR) is 140 cm³/mol. The van der Waals surface area contributed by atoms with Crippen molar-refractivity contribution in [1.82, 2.24) is 0 Å².